The lowest BCUT2D eigenvalue weighted by Gasteiger charge is -2.16. The van der Waals surface area contributed by atoms with E-state index < -0.39 is 5.97 Å². The second-order valence-electron chi connectivity index (χ2n) is 3.43. The number of likely N-dealkylation sites (N-methyl/N-ethyl adjacent to an activating group) is 1. The number of esters is 1. The molecule has 0 N–H and O–H groups in total. The lowest BCUT2D eigenvalue weighted by atomic mass is 10.3. The molecule has 1 rings (SSSR count). The van der Waals surface area contributed by atoms with Gasteiger partial charge in [-0.15, -0.1) is 0 Å². The third-order valence-corrected chi connectivity index (χ3v) is 3.11. The number of carbonyl (C=O) groups is 2. The van der Waals surface area contributed by atoms with Crippen LogP contribution in [-0.2, 0) is 14.3 Å². The second kappa shape index (κ2) is 7.15. The minimum absolute atomic E-state index is 0.271. The summed E-state index contributed by atoms with van der Waals surface area (Å²) in [6.07, 6.45) is 2.35. The number of hydrogen-bond donors (Lipinski definition) is 0. The summed E-state index contributed by atoms with van der Waals surface area (Å²) in [5, 5.41) is 0. The van der Waals surface area contributed by atoms with Crippen LogP contribution in [0.1, 0.15) is 6.92 Å². The van der Waals surface area contributed by atoms with E-state index in [0.29, 0.717) is 6.61 Å². The summed E-state index contributed by atoms with van der Waals surface area (Å²) < 4.78 is 5.67. The number of hydrogen-bond acceptors (Lipinski definition) is 3. The number of rotatable bonds is 4. The zero-order valence-electron chi connectivity index (χ0n) is 10.2. The molecule has 4 nitrogen and oxygen atoms in total. The van der Waals surface area contributed by atoms with Gasteiger partial charge in [0.15, 0.2) is 0 Å². The van der Waals surface area contributed by atoms with Gasteiger partial charge in [0.25, 0.3) is 5.91 Å². The molecule has 0 aliphatic rings. The van der Waals surface area contributed by atoms with Gasteiger partial charge in [-0.05, 0) is 41.6 Å². The molecule has 1 aromatic rings. The van der Waals surface area contributed by atoms with Crippen LogP contribution in [0.15, 0.2) is 36.4 Å². The number of halogens is 1. The van der Waals surface area contributed by atoms with Gasteiger partial charge in [0.2, 0.25) is 0 Å². The van der Waals surface area contributed by atoms with Gasteiger partial charge in [-0.25, -0.2) is 4.79 Å². The number of anilines is 1. The summed E-state index contributed by atoms with van der Waals surface area (Å²) in [6, 6.07) is 7.51. The Morgan fingerprint density at radius 2 is 2.00 bits per heavy atom. The zero-order chi connectivity index (χ0) is 13.5. The van der Waals surface area contributed by atoms with Crippen LogP contribution in [0.5, 0.6) is 0 Å². The number of carbonyl (C=O) groups excluding carboxylic acids is 2. The molecule has 0 radical (unpaired) electrons. The zero-order valence-corrected chi connectivity index (χ0v) is 12.4. The summed E-state index contributed by atoms with van der Waals surface area (Å²) >= 11 is 2.15. The van der Waals surface area contributed by atoms with E-state index in [4.69, 9.17) is 4.74 Å². The highest BCUT2D eigenvalue weighted by Crippen LogP contribution is 2.20. The molecule has 0 saturated heterocycles. The van der Waals surface area contributed by atoms with Crippen LogP contribution < -0.4 is 4.90 Å². The molecule has 5 heteroatoms. The maximum absolute atomic E-state index is 11.8. The van der Waals surface area contributed by atoms with Crippen molar-refractivity contribution in [3.63, 3.8) is 0 Å². The second-order valence-corrected chi connectivity index (χ2v) is 4.60. The van der Waals surface area contributed by atoms with Crippen molar-refractivity contribution in [1.29, 1.82) is 0 Å². The molecular formula is C13H14INO3. The van der Waals surface area contributed by atoms with Crippen LogP contribution in [0, 0.1) is 3.57 Å². The van der Waals surface area contributed by atoms with Gasteiger partial charge in [0.1, 0.15) is 0 Å². The molecule has 1 amide bonds. The summed E-state index contributed by atoms with van der Waals surface area (Å²) in [6.45, 7) is 2.01. The molecule has 0 bridgehead atoms. The SMILES string of the molecule is CCOC(=O)/C=C/C(=O)N(C)c1ccccc1I. The highest BCUT2D eigenvalue weighted by molar-refractivity contribution is 14.1. The maximum Gasteiger partial charge on any atom is 0.330 e. The predicted molar refractivity (Wildman–Crippen MR) is 78.3 cm³/mol. The summed E-state index contributed by atoms with van der Waals surface area (Å²) in [4.78, 5) is 24.4. The molecule has 0 heterocycles. The minimum Gasteiger partial charge on any atom is -0.463 e. The number of amides is 1. The van der Waals surface area contributed by atoms with E-state index in [9.17, 15) is 9.59 Å². The van der Waals surface area contributed by atoms with Crippen LogP contribution in [0.3, 0.4) is 0 Å². The summed E-state index contributed by atoms with van der Waals surface area (Å²) in [7, 11) is 1.66. The third kappa shape index (κ3) is 4.14. The first kappa shape index (κ1) is 14.7. The Balaban J connectivity index is 2.73. The molecular weight excluding hydrogens is 345 g/mol. The van der Waals surface area contributed by atoms with E-state index in [2.05, 4.69) is 22.6 Å². The van der Waals surface area contributed by atoms with E-state index >= 15 is 0 Å². The Hall–Kier alpha value is -1.37. The van der Waals surface area contributed by atoms with Gasteiger partial charge in [0.05, 0.1) is 12.3 Å². The molecule has 96 valence electrons. The van der Waals surface area contributed by atoms with Gasteiger partial charge < -0.3 is 9.64 Å². The Morgan fingerprint density at radius 1 is 1.33 bits per heavy atom. The highest BCUT2D eigenvalue weighted by atomic mass is 127. The van der Waals surface area contributed by atoms with E-state index in [0.717, 1.165) is 15.3 Å². The topological polar surface area (TPSA) is 46.6 Å². The normalized spacial score (nSPS) is 10.4. The fourth-order valence-electron chi connectivity index (χ4n) is 1.28. The molecule has 1 aromatic carbocycles. The summed E-state index contributed by atoms with van der Waals surface area (Å²) in [5.74, 6) is -0.783. The van der Waals surface area contributed by atoms with E-state index in [1.165, 1.54) is 11.0 Å². The number of para-hydroxylation sites is 1. The third-order valence-electron chi connectivity index (χ3n) is 2.19. The largest absolute Gasteiger partial charge is 0.463 e. The minimum atomic E-state index is -0.512. The van der Waals surface area contributed by atoms with Gasteiger partial charge in [-0.1, -0.05) is 12.1 Å². The van der Waals surface area contributed by atoms with Crippen molar-refractivity contribution in [3.05, 3.63) is 40.0 Å². The van der Waals surface area contributed by atoms with Crippen LogP contribution in [0.2, 0.25) is 0 Å². The molecule has 0 saturated carbocycles. The molecule has 0 aromatic heterocycles. The van der Waals surface area contributed by atoms with Crippen molar-refractivity contribution in [2.75, 3.05) is 18.6 Å². The van der Waals surface area contributed by atoms with Crippen molar-refractivity contribution >= 4 is 40.2 Å². The van der Waals surface area contributed by atoms with Crippen LogP contribution in [-0.4, -0.2) is 25.5 Å². The quantitative estimate of drug-likeness (QED) is 0.471. The van der Waals surface area contributed by atoms with Crippen molar-refractivity contribution in [2.24, 2.45) is 0 Å². The highest BCUT2D eigenvalue weighted by Gasteiger charge is 2.10. The van der Waals surface area contributed by atoms with Crippen molar-refractivity contribution in [1.82, 2.24) is 0 Å². The van der Waals surface area contributed by atoms with Gasteiger partial charge in [-0.2, -0.15) is 0 Å². The number of nitrogens with zero attached hydrogens (tertiary/aromatic N) is 1. The predicted octanol–water partition coefficient (Wildman–Crippen LogP) is 2.37. The standard InChI is InChI=1S/C13H14INO3/c1-3-18-13(17)9-8-12(16)15(2)11-7-5-4-6-10(11)14/h4-9H,3H2,1-2H3/b9-8+. The first-order valence-electron chi connectivity index (χ1n) is 5.43. The average molecular weight is 359 g/mol. The molecule has 18 heavy (non-hydrogen) atoms. The van der Waals surface area contributed by atoms with Gasteiger partial charge >= 0.3 is 5.97 Å². The summed E-state index contributed by atoms with van der Waals surface area (Å²) in [5.41, 5.74) is 0.802. The van der Waals surface area contributed by atoms with E-state index in [1.807, 2.05) is 24.3 Å². The number of ether oxygens (including phenoxy) is 1. The first-order chi connectivity index (χ1) is 8.56. The lowest BCUT2D eigenvalue weighted by Crippen LogP contribution is -2.25. The van der Waals surface area contributed by atoms with Gasteiger partial charge in [-0.3, -0.25) is 4.79 Å². The van der Waals surface area contributed by atoms with Crippen LogP contribution >= 0.6 is 22.6 Å². The van der Waals surface area contributed by atoms with Crippen LogP contribution in [0.25, 0.3) is 0 Å². The molecule has 0 spiro atoms. The fourth-order valence-corrected chi connectivity index (χ4v) is 2.03. The van der Waals surface area contributed by atoms with Crippen molar-refractivity contribution in [2.45, 2.75) is 6.92 Å². The molecule has 0 aliphatic carbocycles. The Kier molecular flexibility index (Phi) is 5.84. The van der Waals surface area contributed by atoms with E-state index in [1.54, 1.807) is 14.0 Å². The molecule has 0 fully saturated rings. The Morgan fingerprint density at radius 3 is 2.61 bits per heavy atom. The Bertz CT molecular complexity index is 471. The van der Waals surface area contributed by atoms with Crippen molar-refractivity contribution < 1.29 is 14.3 Å². The lowest BCUT2D eigenvalue weighted by molar-refractivity contribution is -0.137. The Labute approximate surface area is 120 Å². The first-order valence-corrected chi connectivity index (χ1v) is 6.51. The molecule has 0 atom stereocenters. The monoisotopic (exact) mass is 359 g/mol. The average Bonchev–Trinajstić information content (AvgIpc) is 2.36. The van der Waals surface area contributed by atoms with Crippen LogP contribution in [0.4, 0.5) is 5.69 Å². The number of benzene rings is 1. The fraction of sp³-hybridized carbons (Fsp3) is 0.231. The maximum atomic E-state index is 11.8. The van der Waals surface area contributed by atoms with Gasteiger partial charge in [0, 0.05) is 22.8 Å². The smallest absolute Gasteiger partial charge is 0.330 e. The molecule has 0 unspecified atom stereocenters. The molecule has 0 aliphatic heterocycles. The van der Waals surface area contributed by atoms with E-state index in [-0.39, 0.29) is 5.91 Å². The van der Waals surface area contributed by atoms with Crippen molar-refractivity contribution in [3.8, 4) is 0 Å².